The van der Waals surface area contributed by atoms with Gasteiger partial charge >= 0.3 is 0 Å². The Morgan fingerprint density at radius 2 is 1.94 bits per heavy atom. The van der Waals surface area contributed by atoms with Gasteiger partial charge in [-0.05, 0) is 25.0 Å². The van der Waals surface area contributed by atoms with E-state index in [0.29, 0.717) is 30.8 Å². The largest absolute Gasteiger partial charge is 0.397 e. The van der Waals surface area contributed by atoms with Gasteiger partial charge in [-0.1, -0.05) is 0 Å². The van der Waals surface area contributed by atoms with Gasteiger partial charge in [0, 0.05) is 12.8 Å². The lowest BCUT2D eigenvalue weighted by Gasteiger charge is -2.25. The Balaban J connectivity index is 2.42. The van der Waals surface area contributed by atoms with Crippen LogP contribution in [0.25, 0.3) is 0 Å². The maximum absolute atomic E-state index is 11.7. The molecule has 2 N–H and O–H groups in total. The van der Waals surface area contributed by atoms with Crippen molar-refractivity contribution in [3.05, 3.63) is 17.8 Å². The van der Waals surface area contributed by atoms with E-state index in [1.165, 1.54) is 6.20 Å². The lowest BCUT2D eigenvalue weighted by atomic mass is 10.1. The predicted octanol–water partition coefficient (Wildman–Crippen LogP) is 1.02. The number of anilines is 2. The van der Waals surface area contributed by atoms with E-state index in [9.17, 15) is 9.59 Å². The van der Waals surface area contributed by atoms with E-state index < -0.39 is 0 Å². The molecule has 0 saturated carbocycles. The third-order valence-corrected chi connectivity index (χ3v) is 2.56. The van der Waals surface area contributed by atoms with Crippen molar-refractivity contribution in [1.29, 1.82) is 0 Å². The molecule has 1 saturated heterocycles. The zero-order chi connectivity index (χ0) is 11.7. The molecule has 2 rings (SSSR count). The molecular weight excluding hydrogens is 206 g/mol. The number of hydrogen-bond donors (Lipinski definition) is 1. The average molecular weight is 219 g/mol. The molecule has 2 amide bonds. The number of amides is 2. The Bertz CT molecular complexity index is 441. The third kappa shape index (κ3) is 1.76. The highest BCUT2D eigenvalue weighted by molar-refractivity contribution is 6.16. The Morgan fingerprint density at radius 3 is 2.50 bits per heavy atom. The van der Waals surface area contributed by atoms with Crippen LogP contribution >= 0.6 is 0 Å². The van der Waals surface area contributed by atoms with Crippen molar-refractivity contribution in [2.45, 2.75) is 26.2 Å². The number of hydrogen-bond acceptors (Lipinski definition) is 4. The number of rotatable bonds is 1. The van der Waals surface area contributed by atoms with Gasteiger partial charge < -0.3 is 5.73 Å². The van der Waals surface area contributed by atoms with Crippen LogP contribution in [0.5, 0.6) is 0 Å². The van der Waals surface area contributed by atoms with Crippen LogP contribution in [0.15, 0.2) is 12.3 Å². The summed E-state index contributed by atoms with van der Waals surface area (Å²) >= 11 is 0. The van der Waals surface area contributed by atoms with Gasteiger partial charge in [-0.2, -0.15) is 0 Å². The standard InChI is InChI=1S/C11H13N3O2/c1-7-5-8(12)6-13-11(7)14-9(15)3-2-4-10(14)16/h5-6H,2-4,12H2,1H3. The minimum absolute atomic E-state index is 0.184. The summed E-state index contributed by atoms with van der Waals surface area (Å²) in [5, 5.41) is 0. The van der Waals surface area contributed by atoms with Crippen molar-refractivity contribution in [2.24, 2.45) is 0 Å². The van der Waals surface area contributed by atoms with E-state index in [2.05, 4.69) is 4.98 Å². The second kappa shape index (κ2) is 3.92. The summed E-state index contributed by atoms with van der Waals surface area (Å²) in [6, 6.07) is 1.71. The average Bonchev–Trinajstić information content (AvgIpc) is 2.20. The number of pyridine rings is 1. The number of piperidine rings is 1. The van der Waals surface area contributed by atoms with Crippen molar-refractivity contribution in [1.82, 2.24) is 4.98 Å². The number of carbonyl (C=O) groups excluding carboxylic acids is 2. The van der Waals surface area contributed by atoms with Crippen LogP contribution < -0.4 is 10.6 Å². The van der Waals surface area contributed by atoms with Gasteiger partial charge in [-0.3, -0.25) is 9.59 Å². The highest BCUT2D eigenvalue weighted by Crippen LogP contribution is 2.24. The third-order valence-electron chi connectivity index (χ3n) is 2.56. The van der Waals surface area contributed by atoms with Gasteiger partial charge in [0.15, 0.2) is 0 Å². The lowest BCUT2D eigenvalue weighted by molar-refractivity contribution is -0.129. The SMILES string of the molecule is Cc1cc(N)cnc1N1C(=O)CCCC1=O. The van der Waals surface area contributed by atoms with E-state index in [0.717, 1.165) is 10.5 Å². The molecule has 16 heavy (non-hydrogen) atoms. The predicted molar refractivity (Wildman–Crippen MR) is 59.7 cm³/mol. The van der Waals surface area contributed by atoms with E-state index in [-0.39, 0.29) is 11.8 Å². The number of carbonyl (C=O) groups is 2. The molecule has 0 aromatic carbocycles. The molecule has 0 atom stereocenters. The highest BCUT2D eigenvalue weighted by Gasteiger charge is 2.29. The molecule has 84 valence electrons. The molecular formula is C11H13N3O2. The second-order valence-electron chi connectivity index (χ2n) is 3.89. The van der Waals surface area contributed by atoms with Gasteiger partial charge in [-0.25, -0.2) is 9.88 Å². The van der Waals surface area contributed by atoms with Crippen molar-refractivity contribution < 1.29 is 9.59 Å². The van der Waals surface area contributed by atoms with Crippen LogP contribution in [0.1, 0.15) is 24.8 Å². The number of aryl methyl sites for hydroxylation is 1. The first-order valence-electron chi connectivity index (χ1n) is 5.17. The fourth-order valence-corrected chi connectivity index (χ4v) is 1.81. The number of imide groups is 1. The van der Waals surface area contributed by atoms with Crippen LogP contribution in [-0.4, -0.2) is 16.8 Å². The summed E-state index contributed by atoms with van der Waals surface area (Å²) in [5.41, 5.74) is 6.84. The Labute approximate surface area is 93.3 Å². The molecule has 1 aromatic rings. The first-order valence-corrected chi connectivity index (χ1v) is 5.17. The molecule has 0 unspecified atom stereocenters. The van der Waals surface area contributed by atoms with Gasteiger partial charge in [0.05, 0.1) is 11.9 Å². The van der Waals surface area contributed by atoms with Crippen molar-refractivity contribution in [2.75, 3.05) is 10.6 Å². The maximum Gasteiger partial charge on any atom is 0.235 e. The molecule has 5 nitrogen and oxygen atoms in total. The molecule has 0 aliphatic carbocycles. The summed E-state index contributed by atoms with van der Waals surface area (Å²) in [6.45, 7) is 1.79. The summed E-state index contributed by atoms with van der Waals surface area (Å²) < 4.78 is 0. The monoisotopic (exact) mass is 219 g/mol. The zero-order valence-corrected chi connectivity index (χ0v) is 9.06. The highest BCUT2D eigenvalue weighted by atomic mass is 16.2. The van der Waals surface area contributed by atoms with Crippen LogP contribution in [-0.2, 0) is 9.59 Å². The van der Waals surface area contributed by atoms with E-state index in [1.54, 1.807) is 13.0 Å². The molecule has 1 aliphatic heterocycles. The van der Waals surface area contributed by atoms with Crippen LogP contribution in [0, 0.1) is 6.92 Å². The van der Waals surface area contributed by atoms with Gasteiger partial charge in [0.2, 0.25) is 11.8 Å². The molecule has 1 aromatic heterocycles. The normalized spacial score (nSPS) is 16.7. The fraction of sp³-hybridized carbons (Fsp3) is 0.364. The topological polar surface area (TPSA) is 76.3 Å². The van der Waals surface area contributed by atoms with Crippen molar-refractivity contribution in [3.8, 4) is 0 Å². The molecule has 1 fully saturated rings. The van der Waals surface area contributed by atoms with Crippen LogP contribution in [0.3, 0.4) is 0 Å². The Morgan fingerprint density at radius 1 is 1.31 bits per heavy atom. The molecule has 2 heterocycles. The van der Waals surface area contributed by atoms with E-state index in [4.69, 9.17) is 5.73 Å². The number of nitrogens with two attached hydrogens (primary N) is 1. The second-order valence-corrected chi connectivity index (χ2v) is 3.89. The molecule has 1 aliphatic rings. The number of nitrogen functional groups attached to an aromatic ring is 1. The van der Waals surface area contributed by atoms with E-state index in [1.807, 2.05) is 0 Å². The maximum atomic E-state index is 11.7. The summed E-state index contributed by atoms with van der Waals surface area (Å²) in [4.78, 5) is 28.6. The Hall–Kier alpha value is -1.91. The summed E-state index contributed by atoms with van der Waals surface area (Å²) in [7, 11) is 0. The minimum atomic E-state index is -0.184. The zero-order valence-electron chi connectivity index (χ0n) is 9.06. The fourth-order valence-electron chi connectivity index (χ4n) is 1.81. The first kappa shape index (κ1) is 10.6. The first-order chi connectivity index (χ1) is 7.59. The number of aromatic nitrogens is 1. The van der Waals surface area contributed by atoms with Gasteiger partial charge in [-0.15, -0.1) is 0 Å². The lowest BCUT2D eigenvalue weighted by Crippen LogP contribution is -2.41. The van der Waals surface area contributed by atoms with Crippen LogP contribution in [0.2, 0.25) is 0 Å². The summed E-state index contributed by atoms with van der Waals surface area (Å²) in [6.07, 6.45) is 2.88. The molecule has 0 radical (unpaired) electrons. The van der Waals surface area contributed by atoms with E-state index >= 15 is 0 Å². The number of nitrogens with zero attached hydrogens (tertiary/aromatic N) is 2. The molecule has 0 bridgehead atoms. The molecule has 0 spiro atoms. The molecule has 5 heteroatoms. The van der Waals surface area contributed by atoms with Gasteiger partial charge in [0.25, 0.3) is 0 Å². The van der Waals surface area contributed by atoms with Crippen molar-refractivity contribution >= 4 is 23.3 Å². The smallest absolute Gasteiger partial charge is 0.235 e. The van der Waals surface area contributed by atoms with Crippen molar-refractivity contribution in [3.63, 3.8) is 0 Å². The summed E-state index contributed by atoms with van der Waals surface area (Å²) in [5.74, 6) is 0.0390. The Kier molecular flexibility index (Phi) is 2.60. The van der Waals surface area contributed by atoms with Crippen LogP contribution in [0.4, 0.5) is 11.5 Å². The quantitative estimate of drug-likeness (QED) is 0.715. The minimum Gasteiger partial charge on any atom is -0.397 e. The van der Waals surface area contributed by atoms with Gasteiger partial charge in [0.1, 0.15) is 5.82 Å².